The van der Waals surface area contributed by atoms with Crippen LogP contribution in [0.4, 0.5) is 4.39 Å². The van der Waals surface area contributed by atoms with Gasteiger partial charge in [-0.2, -0.15) is 0 Å². The molecule has 1 amide bonds. The van der Waals surface area contributed by atoms with Gasteiger partial charge < -0.3 is 9.64 Å². The van der Waals surface area contributed by atoms with Gasteiger partial charge in [-0.1, -0.05) is 24.3 Å². The molecule has 0 N–H and O–H groups in total. The van der Waals surface area contributed by atoms with Crippen molar-refractivity contribution in [2.75, 3.05) is 13.1 Å². The summed E-state index contributed by atoms with van der Waals surface area (Å²) in [7, 11) is 0. The van der Waals surface area contributed by atoms with E-state index in [1.807, 2.05) is 0 Å². The molecule has 0 saturated carbocycles. The number of rotatable bonds is 4. The minimum absolute atomic E-state index is 0.0473. The molecule has 4 nitrogen and oxygen atoms in total. The zero-order valence-corrected chi connectivity index (χ0v) is 14.1. The fourth-order valence-corrected chi connectivity index (χ4v) is 3.06. The standard InChI is InChI=1S/C20H20FNO3/c1-14(23)18-7-2-3-8-19(18)20(24)22-11-9-16(10-12-22)25-17-6-4-5-15(21)13-17/h2-8,13,16H,9-12H2,1H3. The minimum Gasteiger partial charge on any atom is -0.490 e. The molecule has 0 aliphatic carbocycles. The largest absolute Gasteiger partial charge is 0.490 e. The van der Waals surface area contributed by atoms with Crippen molar-refractivity contribution < 1.29 is 18.7 Å². The number of likely N-dealkylation sites (tertiary alicyclic amines) is 1. The van der Waals surface area contributed by atoms with E-state index in [1.54, 1.807) is 41.3 Å². The van der Waals surface area contributed by atoms with E-state index >= 15 is 0 Å². The summed E-state index contributed by atoms with van der Waals surface area (Å²) in [6, 6.07) is 13.0. The molecule has 5 heteroatoms. The molecule has 2 aromatic carbocycles. The number of hydrogen-bond acceptors (Lipinski definition) is 3. The molecule has 0 unspecified atom stereocenters. The molecule has 130 valence electrons. The molecule has 25 heavy (non-hydrogen) atoms. The van der Waals surface area contributed by atoms with Gasteiger partial charge in [0.2, 0.25) is 0 Å². The maximum Gasteiger partial charge on any atom is 0.254 e. The minimum atomic E-state index is -0.328. The highest BCUT2D eigenvalue weighted by atomic mass is 19.1. The van der Waals surface area contributed by atoms with Crippen LogP contribution < -0.4 is 4.74 Å². The van der Waals surface area contributed by atoms with Crippen LogP contribution in [0.3, 0.4) is 0 Å². The maximum absolute atomic E-state index is 13.2. The number of ketones is 1. The van der Waals surface area contributed by atoms with E-state index < -0.39 is 0 Å². The number of carbonyl (C=O) groups excluding carboxylic acids is 2. The summed E-state index contributed by atoms with van der Waals surface area (Å²) in [5, 5.41) is 0. The fraction of sp³-hybridized carbons (Fsp3) is 0.300. The third kappa shape index (κ3) is 4.05. The molecule has 1 fully saturated rings. The SMILES string of the molecule is CC(=O)c1ccccc1C(=O)N1CCC(Oc2cccc(F)c2)CC1. The van der Waals surface area contributed by atoms with Crippen molar-refractivity contribution in [3.05, 3.63) is 65.5 Å². The van der Waals surface area contributed by atoms with Crippen molar-refractivity contribution in [3.8, 4) is 5.75 Å². The number of Topliss-reactive ketones (excluding diaryl/α,β-unsaturated/α-hetero) is 1. The average Bonchev–Trinajstić information content (AvgIpc) is 2.62. The van der Waals surface area contributed by atoms with Crippen LogP contribution in [0.25, 0.3) is 0 Å². The van der Waals surface area contributed by atoms with Crippen LogP contribution in [-0.2, 0) is 0 Å². The van der Waals surface area contributed by atoms with Gasteiger partial charge in [0.05, 0.1) is 5.56 Å². The number of halogens is 1. The second kappa shape index (κ2) is 7.47. The first-order valence-electron chi connectivity index (χ1n) is 8.36. The molecule has 0 spiro atoms. The molecule has 0 aromatic heterocycles. The second-order valence-electron chi connectivity index (χ2n) is 6.17. The Labute approximate surface area is 146 Å². The summed E-state index contributed by atoms with van der Waals surface area (Å²) in [5.41, 5.74) is 0.894. The van der Waals surface area contributed by atoms with Crippen LogP contribution in [0.2, 0.25) is 0 Å². The quantitative estimate of drug-likeness (QED) is 0.797. The number of hydrogen-bond donors (Lipinski definition) is 0. The smallest absolute Gasteiger partial charge is 0.254 e. The van der Waals surface area contributed by atoms with Crippen molar-refractivity contribution in [2.45, 2.75) is 25.9 Å². The highest BCUT2D eigenvalue weighted by Crippen LogP contribution is 2.21. The number of carbonyl (C=O) groups is 2. The van der Waals surface area contributed by atoms with E-state index in [0.29, 0.717) is 42.8 Å². The Hall–Kier alpha value is -2.69. The Kier molecular flexibility index (Phi) is 5.12. The maximum atomic E-state index is 13.2. The zero-order valence-electron chi connectivity index (χ0n) is 14.1. The Balaban J connectivity index is 1.62. The van der Waals surface area contributed by atoms with Gasteiger partial charge in [0.1, 0.15) is 17.7 Å². The van der Waals surface area contributed by atoms with Crippen molar-refractivity contribution in [1.82, 2.24) is 4.90 Å². The van der Waals surface area contributed by atoms with E-state index in [9.17, 15) is 14.0 Å². The van der Waals surface area contributed by atoms with Gasteiger partial charge in [0, 0.05) is 37.6 Å². The van der Waals surface area contributed by atoms with E-state index in [-0.39, 0.29) is 23.6 Å². The van der Waals surface area contributed by atoms with Gasteiger partial charge in [-0.05, 0) is 25.1 Å². The van der Waals surface area contributed by atoms with E-state index in [0.717, 1.165) is 0 Å². The normalized spacial score (nSPS) is 15.0. The van der Waals surface area contributed by atoms with Gasteiger partial charge in [0.15, 0.2) is 5.78 Å². The first-order chi connectivity index (χ1) is 12.0. The lowest BCUT2D eigenvalue weighted by Gasteiger charge is -2.32. The summed E-state index contributed by atoms with van der Waals surface area (Å²) in [4.78, 5) is 26.2. The molecular formula is C20H20FNO3. The Morgan fingerprint density at radius 1 is 1.04 bits per heavy atom. The second-order valence-corrected chi connectivity index (χ2v) is 6.17. The van der Waals surface area contributed by atoms with Crippen LogP contribution in [0.15, 0.2) is 48.5 Å². The number of nitrogens with zero attached hydrogens (tertiary/aromatic N) is 1. The van der Waals surface area contributed by atoms with Crippen LogP contribution in [-0.4, -0.2) is 35.8 Å². The van der Waals surface area contributed by atoms with Gasteiger partial charge in [-0.15, -0.1) is 0 Å². The first-order valence-corrected chi connectivity index (χ1v) is 8.36. The third-order valence-electron chi connectivity index (χ3n) is 4.36. The average molecular weight is 341 g/mol. The van der Waals surface area contributed by atoms with E-state index in [1.165, 1.54) is 19.1 Å². The lowest BCUT2D eigenvalue weighted by atomic mass is 10.0. The summed E-state index contributed by atoms with van der Waals surface area (Å²) < 4.78 is 19.0. The molecule has 0 radical (unpaired) electrons. The fourth-order valence-electron chi connectivity index (χ4n) is 3.06. The van der Waals surface area contributed by atoms with Crippen molar-refractivity contribution in [3.63, 3.8) is 0 Å². The number of amides is 1. The molecule has 0 atom stereocenters. The van der Waals surface area contributed by atoms with E-state index in [4.69, 9.17) is 4.74 Å². The van der Waals surface area contributed by atoms with Crippen molar-refractivity contribution in [1.29, 1.82) is 0 Å². The molecule has 1 saturated heterocycles. The van der Waals surface area contributed by atoms with Crippen LogP contribution in [0.1, 0.15) is 40.5 Å². The summed E-state index contributed by atoms with van der Waals surface area (Å²) in [6.45, 7) is 2.56. The van der Waals surface area contributed by atoms with Crippen molar-refractivity contribution in [2.24, 2.45) is 0 Å². The molecule has 1 heterocycles. The first kappa shape index (κ1) is 17.1. The van der Waals surface area contributed by atoms with E-state index in [2.05, 4.69) is 0 Å². The molecule has 1 aliphatic rings. The van der Waals surface area contributed by atoms with Crippen LogP contribution in [0, 0.1) is 5.82 Å². The lowest BCUT2D eigenvalue weighted by Crippen LogP contribution is -2.42. The molecule has 1 aliphatic heterocycles. The van der Waals surface area contributed by atoms with Crippen LogP contribution >= 0.6 is 0 Å². The lowest BCUT2D eigenvalue weighted by molar-refractivity contribution is 0.0592. The van der Waals surface area contributed by atoms with Gasteiger partial charge in [-0.25, -0.2) is 4.39 Å². The predicted octanol–water partition coefficient (Wildman–Crippen LogP) is 3.71. The molecular weight excluding hydrogens is 321 g/mol. The molecule has 3 rings (SSSR count). The predicted molar refractivity (Wildman–Crippen MR) is 92.4 cm³/mol. The third-order valence-corrected chi connectivity index (χ3v) is 4.36. The number of benzene rings is 2. The van der Waals surface area contributed by atoms with Gasteiger partial charge in [0.25, 0.3) is 5.91 Å². The van der Waals surface area contributed by atoms with Crippen LogP contribution in [0.5, 0.6) is 5.75 Å². The monoisotopic (exact) mass is 341 g/mol. The van der Waals surface area contributed by atoms with Crippen molar-refractivity contribution >= 4 is 11.7 Å². The summed E-state index contributed by atoms with van der Waals surface area (Å²) >= 11 is 0. The van der Waals surface area contributed by atoms with Gasteiger partial charge >= 0.3 is 0 Å². The zero-order chi connectivity index (χ0) is 17.8. The highest BCUT2D eigenvalue weighted by molar-refractivity contribution is 6.07. The summed E-state index contributed by atoms with van der Waals surface area (Å²) in [6.07, 6.45) is 1.29. The topological polar surface area (TPSA) is 46.6 Å². The summed E-state index contributed by atoms with van der Waals surface area (Å²) in [5.74, 6) is -0.0686. The number of piperidine rings is 1. The highest BCUT2D eigenvalue weighted by Gasteiger charge is 2.26. The molecule has 2 aromatic rings. The molecule has 0 bridgehead atoms. The van der Waals surface area contributed by atoms with Gasteiger partial charge in [-0.3, -0.25) is 9.59 Å². The Morgan fingerprint density at radius 3 is 2.36 bits per heavy atom. The Bertz CT molecular complexity index is 782. The number of ether oxygens (including phenoxy) is 1. The Morgan fingerprint density at radius 2 is 1.72 bits per heavy atom.